The SMILES string of the molecule is CCCCCCC(C)OC(=O)[C@H](c1ccccc1)c1cccc2ccccc12. The molecule has 2 heteroatoms. The van der Waals surface area contributed by atoms with Gasteiger partial charge in [-0.3, -0.25) is 4.79 Å². The van der Waals surface area contributed by atoms with E-state index in [-0.39, 0.29) is 12.1 Å². The van der Waals surface area contributed by atoms with E-state index in [4.69, 9.17) is 4.74 Å². The van der Waals surface area contributed by atoms with Gasteiger partial charge >= 0.3 is 5.97 Å². The number of hydrogen-bond acceptors (Lipinski definition) is 2. The molecule has 146 valence electrons. The third-order valence-electron chi connectivity index (χ3n) is 5.28. The normalized spacial score (nSPS) is 13.2. The first-order valence-corrected chi connectivity index (χ1v) is 10.4. The quantitative estimate of drug-likeness (QED) is 0.302. The lowest BCUT2D eigenvalue weighted by atomic mass is 9.88. The second kappa shape index (κ2) is 10.1. The molecule has 1 unspecified atom stereocenters. The Morgan fingerprint density at radius 2 is 1.57 bits per heavy atom. The summed E-state index contributed by atoms with van der Waals surface area (Å²) in [6.45, 7) is 4.22. The minimum Gasteiger partial charge on any atom is -0.462 e. The molecule has 2 nitrogen and oxygen atoms in total. The zero-order valence-electron chi connectivity index (χ0n) is 16.9. The summed E-state index contributed by atoms with van der Waals surface area (Å²) in [5.74, 6) is -0.573. The third-order valence-corrected chi connectivity index (χ3v) is 5.28. The monoisotopic (exact) mass is 374 g/mol. The molecule has 0 amide bonds. The molecule has 0 bridgehead atoms. The van der Waals surface area contributed by atoms with E-state index in [0.717, 1.165) is 34.7 Å². The van der Waals surface area contributed by atoms with Crippen molar-refractivity contribution in [3.05, 3.63) is 83.9 Å². The van der Waals surface area contributed by atoms with Gasteiger partial charge in [0.1, 0.15) is 5.92 Å². The molecular weight excluding hydrogens is 344 g/mol. The molecule has 3 aromatic carbocycles. The largest absolute Gasteiger partial charge is 0.462 e. The summed E-state index contributed by atoms with van der Waals surface area (Å²) in [7, 11) is 0. The first kappa shape index (κ1) is 20.1. The lowest BCUT2D eigenvalue weighted by molar-refractivity contribution is -0.149. The van der Waals surface area contributed by atoms with Crippen molar-refractivity contribution in [2.45, 2.75) is 58.0 Å². The molecule has 3 rings (SSSR count). The predicted molar refractivity (Wildman–Crippen MR) is 117 cm³/mol. The Morgan fingerprint density at radius 3 is 2.36 bits per heavy atom. The van der Waals surface area contributed by atoms with Crippen LogP contribution in [0, 0.1) is 0 Å². The number of ether oxygens (including phenoxy) is 1. The van der Waals surface area contributed by atoms with Crippen molar-refractivity contribution in [2.24, 2.45) is 0 Å². The molecule has 0 aliphatic rings. The van der Waals surface area contributed by atoms with Crippen molar-refractivity contribution >= 4 is 16.7 Å². The van der Waals surface area contributed by atoms with Crippen LogP contribution in [0.4, 0.5) is 0 Å². The summed E-state index contributed by atoms with van der Waals surface area (Å²) >= 11 is 0. The molecule has 0 aromatic heterocycles. The number of benzene rings is 3. The Morgan fingerprint density at radius 1 is 0.857 bits per heavy atom. The summed E-state index contributed by atoms with van der Waals surface area (Å²) in [4.78, 5) is 13.3. The van der Waals surface area contributed by atoms with Crippen LogP contribution in [-0.4, -0.2) is 12.1 Å². The highest BCUT2D eigenvalue weighted by molar-refractivity contribution is 5.93. The maximum absolute atomic E-state index is 13.3. The minimum atomic E-state index is -0.412. The van der Waals surface area contributed by atoms with Crippen LogP contribution in [0.3, 0.4) is 0 Å². The fourth-order valence-electron chi connectivity index (χ4n) is 3.77. The number of fused-ring (bicyclic) bond motifs is 1. The van der Waals surface area contributed by atoms with Crippen molar-refractivity contribution in [3.8, 4) is 0 Å². The second-order valence-electron chi connectivity index (χ2n) is 7.51. The molecule has 28 heavy (non-hydrogen) atoms. The van der Waals surface area contributed by atoms with E-state index in [1.165, 1.54) is 19.3 Å². The molecule has 0 heterocycles. The highest BCUT2D eigenvalue weighted by atomic mass is 16.5. The number of rotatable bonds is 9. The van der Waals surface area contributed by atoms with Crippen LogP contribution in [0.1, 0.15) is 63.0 Å². The molecular formula is C26H30O2. The number of carbonyl (C=O) groups is 1. The Bertz CT molecular complexity index is 880. The summed E-state index contributed by atoms with van der Waals surface area (Å²) in [5, 5.41) is 2.24. The zero-order chi connectivity index (χ0) is 19.8. The summed E-state index contributed by atoms with van der Waals surface area (Å²) in [6, 6.07) is 24.3. The molecule has 0 N–H and O–H groups in total. The molecule has 0 radical (unpaired) electrons. The van der Waals surface area contributed by atoms with Gasteiger partial charge in [0.15, 0.2) is 0 Å². The Hall–Kier alpha value is -2.61. The second-order valence-corrected chi connectivity index (χ2v) is 7.51. The van der Waals surface area contributed by atoms with Crippen LogP contribution < -0.4 is 0 Å². The molecule has 0 saturated heterocycles. The first-order chi connectivity index (χ1) is 13.7. The molecule has 0 spiro atoms. The van der Waals surface area contributed by atoms with E-state index >= 15 is 0 Å². The van der Waals surface area contributed by atoms with Gasteiger partial charge < -0.3 is 4.74 Å². The van der Waals surface area contributed by atoms with Gasteiger partial charge in [0, 0.05) is 0 Å². The van der Waals surface area contributed by atoms with Crippen molar-refractivity contribution in [3.63, 3.8) is 0 Å². The Balaban J connectivity index is 1.87. The molecule has 3 aromatic rings. The van der Waals surface area contributed by atoms with E-state index in [0.29, 0.717) is 0 Å². The Labute approximate surface area is 168 Å². The number of esters is 1. The maximum atomic E-state index is 13.3. The van der Waals surface area contributed by atoms with E-state index in [1.807, 2.05) is 61.5 Å². The minimum absolute atomic E-state index is 0.0643. The lowest BCUT2D eigenvalue weighted by Gasteiger charge is -2.21. The molecule has 0 fully saturated rings. The van der Waals surface area contributed by atoms with E-state index in [2.05, 4.69) is 25.1 Å². The van der Waals surface area contributed by atoms with Gasteiger partial charge in [-0.1, -0.05) is 99.0 Å². The van der Waals surface area contributed by atoms with E-state index in [9.17, 15) is 4.79 Å². The van der Waals surface area contributed by atoms with Crippen LogP contribution in [-0.2, 0) is 9.53 Å². The average Bonchev–Trinajstić information content (AvgIpc) is 2.72. The topological polar surface area (TPSA) is 26.3 Å². The van der Waals surface area contributed by atoms with Crippen molar-refractivity contribution in [2.75, 3.05) is 0 Å². The van der Waals surface area contributed by atoms with Gasteiger partial charge in [0.2, 0.25) is 0 Å². The molecule has 0 aliphatic carbocycles. The summed E-state index contributed by atoms with van der Waals surface area (Å²) in [5.41, 5.74) is 1.98. The van der Waals surface area contributed by atoms with Crippen LogP contribution in [0.25, 0.3) is 10.8 Å². The fraction of sp³-hybridized carbons (Fsp3) is 0.346. The van der Waals surface area contributed by atoms with Gasteiger partial charge in [-0.25, -0.2) is 0 Å². The molecule has 2 atom stereocenters. The van der Waals surface area contributed by atoms with E-state index < -0.39 is 5.92 Å². The third kappa shape index (κ3) is 5.01. The van der Waals surface area contributed by atoms with Gasteiger partial charge in [0.25, 0.3) is 0 Å². The first-order valence-electron chi connectivity index (χ1n) is 10.4. The zero-order valence-corrected chi connectivity index (χ0v) is 16.9. The highest BCUT2D eigenvalue weighted by Crippen LogP contribution is 2.32. The average molecular weight is 375 g/mol. The number of hydrogen-bond donors (Lipinski definition) is 0. The molecule has 0 saturated carbocycles. The van der Waals surface area contributed by atoms with Crippen LogP contribution in [0.5, 0.6) is 0 Å². The fourth-order valence-corrected chi connectivity index (χ4v) is 3.77. The van der Waals surface area contributed by atoms with Crippen LogP contribution >= 0.6 is 0 Å². The van der Waals surface area contributed by atoms with Gasteiger partial charge in [0.05, 0.1) is 6.10 Å². The lowest BCUT2D eigenvalue weighted by Crippen LogP contribution is -2.22. The molecule has 0 aliphatic heterocycles. The summed E-state index contributed by atoms with van der Waals surface area (Å²) < 4.78 is 5.91. The Kier molecular flexibility index (Phi) is 7.25. The van der Waals surface area contributed by atoms with Crippen molar-refractivity contribution in [1.82, 2.24) is 0 Å². The number of carbonyl (C=O) groups excluding carboxylic acids is 1. The van der Waals surface area contributed by atoms with Gasteiger partial charge in [-0.2, -0.15) is 0 Å². The van der Waals surface area contributed by atoms with Crippen LogP contribution in [0.15, 0.2) is 72.8 Å². The van der Waals surface area contributed by atoms with E-state index in [1.54, 1.807) is 0 Å². The smallest absolute Gasteiger partial charge is 0.318 e. The maximum Gasteiger partial charge on any atom is 0.318 e. The van der Waals surface area contributed by atoms with Crippen molar-refractivity contribution < 1.29 is 9.53 Å². The standard InChI is InChI=1S/C26H30O2/c1-3-4-5-7-13-20(2)28-26(27)25(22-15-8-6-9-16-22)24-19-12-17-21-14-10-11-18-23(21)24/h6,8-12,14-20,25H,3-5,7,13H2,1-2H3/t20?,25-/m1/s1. The van der Waals surface area contributed by atoms with Crippen molar-refractivity contribution in [1.29, 1.82) is 0 Å². The number of unbranched alkanes of at least 4 members (excludes halogenated alkanes) is 3. The summed E-state index contributed by atoms with van der Waals surface area (Å²) in [6.07, 6.45) is 5.61. The highest BCUT2D eigenvalue weighted by Gasteiger charge is 2.27. The predicted octanol–water partition coefficient (Wildman–Crippen LogP) is 6.87. The van der Waals surface area contributed by atoms with Gasteiger partial charge in [-0.05, 0) is 41.7 Å². The van der Waals surface area contributed by atoms with Crippen LogP contribution in [0.2, 0.25) is 0 Å². The van der Waals surface area contributed by atoms with Gasteiger partial charge in [-0.15, -0.1) is 0 Å².